The summed E-state index contributed by atoms with van der Waals surface area (Å²) in [5.74, 6) is 1.59. The lowest BCUT2D eigenvalue weighted by Crippen LogP contribution is -2.09. The fraction of sp³-hybridized carbons (Fsp3) is 0.273. The molecule has 1 aromatic heterocycles. The fourth-order valence-corrected chi connectivity index (χ4v) is 4.83. The summed E-state index contributed by atoms with van der Waals surface area (Å²) >= 11 is 0. The summed E-state index contributed by atoms with van der Waals surface area (Å²) in [5.41, 5.74) is 4.04. The molecule has 1 atom stereocenters. The van der Waals surface area contributed by atoms with E-state index in [1.54, 1.807) is 12.1 Å². The van der Waals surface area contributed by atoms with Crippen molar-refractivity contribution in [2.24, 2.45) is 0 Å². The molecule has 0 spiro atoms. The Morgan fingerprint density at radius 2 is 1.97 bits per heavy atom. The molecule has 2 aromatic carbocycles. The molecule has 6 nitrogen and oxygen atoms in total. The van der Waals surface area contributed by atoms with Gasteiger partial charge in [0.15, 0.2) is 0 Å². The Bertz CT molecular complexity index is 1110. The molecule has 1 unspecified atom stereocenters. The van der Waals surface area contributed by atoms with E-state index in [9.17, 15) is 4.21 Å². The molecule has 3 N–H and O–H groups in total. The number of aryl methyl sites for hydroxylation is 1. The molecule has 0 saturated carbocycles. The molecule has 7 heteroatoms. The fourth-order valence-electron chi connectivity index (χ4n) is 3.37. The largest absolute Gasteiger partial charge is 0.369 e. The Hall–Kier alpha value is -2.93. The normalized spacial score (nSPS) is 19.1. The summed E-state index contributed by atoms with van der Waals surface area (Å²) in [7, 11) is -2.80. The number of fused-ring (bicyclic) bond motifs is 4. The van der Waals surface area contributed by atoms with Gasteiger partial charge >= 0.3 is 0 Å². The van der Waals surface area contributed by atoms with E-state index < -0.39 is 9.73 Å². The maximum Gasteiger partial charge on any atom is 0.229 e. The van der Waals surface area contributed by atoms with E-state index >= 15 is 0 Å². The van der Waals surface area contributed by atoms with Crippen LogP contribution in [0, 0.1) is 4.78 Å². The average molecular weight is 408 g/mol. The number of nitrogens with one attached hydrogen (secondary N) is 3. The van der Waals surface area contributed by atoms with Crippen LogP contribution < -0.4 is 10.6 Å². The van der Waals surface area contributed by atoms with Crippen molar-refractivity contribution in [3.63, 3.8) is 0 Å². The zero-order valence-electron chi connectivity index (χ0n) is 16.4. The van der Waals surface area contributed by atoms with Gasteiger partial charge < -0.3 is 10.6 Å². The summed E-state index contributed by atoms with van der Waals surface area (Å²) in [6, 6.07) is 15.7. The van der Waals surface area contributed by atoms with Gasteiger partial charge in [-0.15, -0.1) is 0 Å². The molecular weight excluding hydrogens is 382 g/mol. The molecule has 0 aliphatic carbocycles. The third-order valence-corrected chi connectivity index (χ3v) is 6.96. The lowest BCUT2D eigenvalue weighted by Gasteiger charge is -2.13. The Morgan fingerprint density at radius 3 is 2.76 bits per heavy atom. The van der Waals surface area contributed by atoms with E-state index in [4.69, 9.17) is 9.76 Å². The third-order valence-electron chi connectivity index (χ3n) is 5.08. The lowest BCUT2D eigenvalue weighted by molar-refractivity contribution is 0.670. The van der Waals surface area contributed by atoms with Gasteiger partial charge in [0.25, 0.3) is 0 Å². The van der Waals surface area contributed by atoms with E-state index in [0.29, 0.717) is 29.6 Å². The van der Waals surface area contributed by atoms with Crippen LogP contribution in [0.4, 0.5) is 17.5 Å². The number of hydrogen-bond donors (Lipinski definition) is 3. The van der Waals surface area contributed by atoms with Crippen molar-refractivity contribution in [2.45, 2.75) is 31.1 Å². The predicted octanol–water partition coefficient (Wildman–Crippen LogP) is 5.06. The first-order valence-electron chi connectivity index (χ1n) is 9.89. The minimum absolute atomic E-state index is 0.354. The molecule has 4 bridgehead atoms. The highest BCUT2D eigenvalue weighted by Gasteiger charge is 2.14. The standard InChI is InChI=1S/C22H25N5OS/c1-2-16-8-10-17(11-9-16)20-15-25-22-26-18-6-5-7-19(14-18)29(23,28)13-4-3-12-24-21(20)27-22/h5-11,14-15,23H,2-4,12-13H2,1H3,(H2,24,25,26,27). The first-order chi connectivity index (χ1) is 14.0. The van der Waals surface area contributed by atoms with E-state index in [1.165, 1.54) is 5.56 Å². The number of aromatic nitrogens is 2. The van der Waals surface area contributed by atoms with Crippen LogP contribution in [0.2, 0.25) is 0 Å². The van der Waals surface area contributed by atoms with Gasteiger partial charge in [-0.25, -0.2) is 14.0 Å². The second-order valence-electron chi connectivity index (χ2n) is 7.17. The molecule has 0 saturated heterocycles. The van der Waals surface area contributed by atoms with Crippen LogP contribution in [0.1, 0.15) is 25.3 Å². The molecule has 1 aliphatic rings. The van der Waals surface area contributed by atoms with Crippen LogP contribution in [-0.2, 0) is 16.1 Å². The molecule has 0 radical (unpaired) electrons. The molecule has 150 valence electrons. The molecular formula is C22H25N5OS. The summed E-state index contributed by atoms with van der Waals surface area (Å²) < 4.78 is 21.1. The van der Waals surface area contributed by atoms with Gasteiger partial charge in [0.05, 0.1) is 9.73 Å². The quantitative estimate of drug-likeness (QED) is 0.552. The average Bonchev–Trinajstić information content (AvgIpc) is 2.74. The van der Waals surface area contributed by atoms with Crippen LogP contribution in [0.15, 0.2) is 59.6 Å². The molecule has 1 aliphatic heterocycles. The zero-order chi connectivity index (χ0) is 20.3. The van der Waals surface area contributed by atoms with E-state index in [2.05, 4.69) is 46.8 Å². The van der Waals surface area contributed by atoms with E-state index in [0.717, 1.165) is 35.5 Å². The van der Waals surface area contributed by atoms with Gasteiger partial charge in [0.2, 0.25) is 5.95 Å². The Morgan fingerprint density at radius 1 is 1.14 bits per heavy atom. The highest BCUT2D eigenvalue weighted by Crippen LogP contribution is 2.29. The highest BCUT2D eigenvalue weighted by atomic mass is 32.2. The molecule has 29 heavy (non-hydrogen) atoms. The first-order valence-corrected chi connectivity index (χ1v) is 11.6. The third kappa shape index (κ3) is 4.40. The smallest absolute Gasteiger partial charge is 0.229 e. The summed E-state index contributed by atoms with van der Waals surface area (Å²) in [6.45, 7) is 2.84. The van der Waals surface area contributed by atoms with Crippen molar-refractivity contribution in [3.05, 3.63) is 60.3 Å². The van der Waals surface area contributed by atoms with Gasteiger partial charge in [-0.2, -0.15) is 4.98 Å². The van der Waals surface area contributed by atoms with E-state index in [1.807, 2.05) is 18.3 Å². The Kier molecular flexibility index (Phi) is 5.49. The molecule has 0 fully saturated rings. The maximum absolute atomic E-state index is 12.8. The van der Waals surface area contributed by atoms with Gasteiger partial charge in [0.1, 0.15) is 5.82 Å². The molecule has 4 rings (SSSR count). The molecule has 2 heterocycles. The van der Waals surface area contributed by atoms with Crippen LogP contribution in [0.5, 0.6) is 0 Å². The monoisotopic (exact) mass is 407 g/mol. The van der Waals surface area contributed by atoms with Crippen molar-refractivity contribution in [1.82, 2.24) is 9.97 Å². The van der Waals surface area contributed by atoms with Crippen molar-refractivity contribution < 1.29 is 4.21 Å². The highest BCUT2D eigenvalue weighted by molar-refractivity contribution is 7.92. The lowest BCUT2D eigenvalue weighted by atomic mass is 10.0. The summed E-state index contributed by atoms with van der Waals surface area (Å²) in [6.07, 6.45) is 4.36. The van der Waals surface area contributed by atoms with Gasteiger partial charge in [-0.05, 0) is 48.6 Å². The number of benzene rings is 2. The van der Waals surface area contributed by atoms with Crippen molar-refractivity contribution in [1.29, 1.82) is 4.78 Å². The second-order valence-corrected chi connectivity index (χ2v) is 9.40. The zero-order valence-corrected chi connectivity index (χ0v) is 17.3. The number of rotatable bonds is 2. The van der Waals surface area contributed by atoms with Gasteiger partial charge in [0, 0.05) is 34.6 Å². The Balaban J connectivity index is 1.72. The van der Waals surface area contributed by atoms with Crippen molar-refractivity contribution in [3.8, 4) is 11.1 Å². The first kappa shape index (κ1) is 19.4. The summed E-state index contributed by atoms with van der Waals surface area (Å²) in [4.78, 5) is 9.73. The SMILES string of the molecule is CCc1ccc(-c2cnc3nc2NCCCCS(=N)(=O)c2cccc(c2)N3)cc1. The predicted molar refractivity (Wildman–Crippen MR) is 118 cm³/mol. The van der Waals surface area contributed by atoms with Crippen LogP contribution in [0.25, 0.3) is 11.1 Å². The minimum Gasteiger partial charge on any atom is -0.369 e. The van der Waals surface area contributed by atoms with Crippen LogP contribution >= 0.6 is 0 Å². The van der Waals surface area contributed by atoms with Crippen molar-refractivity contribution in [2.75, 3.05) is 22.9 Å². The topological polar surface area (TPSA) is 90.8 Å². The summed E-state index contributed by atoms with van der Waals surface area (Å²) in [5, 5.41) is 6.59. The van der Waals surface area contributed by atoms with Crippen LogP contribution in [-0.4, -0.2) is 26.5 Å². The molecule has 0 amide bonds. The van der Waals surface area contributed by atoms with Gasteiger partial charge in [-0.3, -0.25) is 0 Å². The van der Waals surface area contributed by atoms with E-state index in [-0.39, 0.29) is 0 Å². The maximum atomic E-state index is 12.8. The van der Waals surface area contributed by atoms with Gasteiger partial charge in [-0.1, -0.05) is 37.3 Å². The number of hydrogen-bond acceptors (Lipinski definition) is 6. The minimum atomic E-state index is -2.80. The van der Waals surface area contributed by atoms with Crippen LogP contribution in [0.3, 0.4) is 0 Å². The molecule has 3 aromatic rings. The second kappa shape index (κ2) is 8.21. The number of anilines is 3. The van der Waals surface area contributed by atoms with Crippen molar-refractivity contribution >= 4 is 27.2 Å². The number of nitrogens with zero attached hydrogens (tertiary/aromatic N) is 2. The Labute approximate surface area is 171 Å².